The molecule has 134 valence electrons. The fourth-order valence-corrected chi connectivity index (χ4v) is 3.30. The van der Waals surface area contributed by atoms with Crippen LogP contribution >= 0.6 is 0 Å². The molecule has 4 aromatic rings. The highest BCUT2D eigenvalue weighted by Crippen LogP contribution is 2.20. The summed E-state index contributed by atoms with van der Waals surface area (Å²) in [5.74, 6) is 1.49. The Morgan fingerprint density at radius 2 is 2.12 bits per heavy atom. The molecule has 0 unspecified atom stereocenters. The van der Waals surface area contributed by atoms with Gasteiger partial charge in [-0.15, -0.1) is 5.10 Å². The highest BCUT2D eigenvalue weighted by atomic mass is 15.4. The van der Waals surface area contributed by atoms with Crippen LogP contribution in [0.1, 0.15) is 14.3 Å². The first-order valence-corrected chi connectivity index (χ1v) is 8.76. The van der Waals surface area contributed by atoms with Gasteiger partial charge in [-0.3, -0.25) is 0 Å². The van der Waals surface area contributed by atoms with Crippen molar-refractivity contribution in [3.63, 3.8) is 0 Å². The zero-order chi connectivity index (χ0) is 17.3. The van der Waals surface area contributed by atoms with Crippen LogP contribution in [-0.2, 0) is 0 Å². The van der Waals surface area contributed by atoms with Gasteiger partial charge in [-0.05, 0) is 49.7 Å². The number of pyridine rings is 1. The Morgan fingerprint density at radius 1 is 1.15 bits per heavy atom. The number of H-pyrrole nitrogens is 1. The number of aromatic amines is 1. The van der Waals surface area contributed by atoms with E-state index in [9.17, 15) is 0 Å². The van der Waals surface area contributed by atoms with E-state index in [1.165, 1.54) is 6.42 Å². The lowest BCUT2D eigenvalue weighted by molar-refractivity contribution is 0.478. The van der Waals surface area contributed by atoms with E-state index in [1.54, 1.807) is 0 Å². The second kappa shape index (κ2) is 6.26. The van der Waals surface area contributed by atoms with Gasteiger partial charge in [0.05, 0.1) is 0 Å². The van der Waals surface area contributed by atoms with Crippen LogP contribution in [0.4, 0.5) is 17.5 Å². The van der Waals surface area contributed by atoms with Crippen molar-refractivity contribution in [1.82, 2.24) is 35.3 Å². The Balaban J connectivity index is 0.00000180. The third-order valence-corrected chi connectivity index (χ3v) is 4.58. The van der Waals surface area contributed by atoms with Crippen LogP contribution in [0.15, 0.2) is 36.4 Å². The molecule has 0 aliphatic carbocycles. The lowest BCUT2D eigenvalue weighted by Gasteiger charge is -2.24. The number of benzene rings is 1. The summed E-state index contributed by atoms with van der Waals surface area (Å²) in [5, 5.41) is 25.6. The van der Waals surface area contributed by atoms with Gasteiger partial charge < -0.3 is 16.0 Å². The summed E-state index contributed by atoms with van der Waals surface area (Å²) in [7, 11) is 0. The number of nitrogens with one attached hydrogen (secondary N) is 4. The van der Waals surface area contributed by atoms with Crippen molar-refractivity contribution in [2.45, 2.75) is 18.9 Å². The molecule has 1 aliphatic heterocycles. The summed E-state index contributed by atoms with van der Waals surface area (Å²) in [6.07, 6.45) is 2.34. The van der Waals surface area contributed by atoms with Crippen LogP contribution in [0.25, 0.3) is 16.7 Å². The van der Waals surface area contributed by atoms with Gasteiger partial charge in [0.15, 0.2) is 5.65 Å². The van der Waals surface area contributed by atoms with E-state index in [1.807, 2.05) is 40.9 Å². The molecule has 4 N–H and O–H groups in total. The molecule has 0 saturated carbocycles. The maximum absolute atomic E-state index is 4.61. The fraction of sp³-hybridized carbons (Fsp3) is 0.294. The number of piperidine rings is 1. The number of fused-ring (bicyclic) bond motifs is 2. The van der Waals surface area contributed by atoms with Crippen LogP contribution in [0.2, 0.25) is 0 Å². The standard InChI is InChI=1S/C17H19N9.H2/c1-4-15(19-12-3-2-8-18-10-12)26-16(5-1)21-17(24-26)20-11-6-7-13-14(9-11)23-25-22-13;/h1,4-7,9,12,18-19H,2-3,8,10H2,(H,20,24)(H,22,23,25);1H/t12-;/m0./s1. The molecule has 1 aromatic carbocycles. The van der Waals surface area contributed by atoms with Crippen LogP contribution in [0.5, 0.6) is 0 Å². The van der Waals surface area contributed by atoms with Crippen LogP contribution in [0.3, 0.4) is 0 Å². The van der Waals surface area contributed by atoms with E-state index in [0.717, 1.165) is 47.7 Å². The third kappa shape index (κ3) is 2.82. The molecular weight excluding hydrogens is 330 g/mol. The summed E-state index contributed by atoms with van der Waals surface area (Å²) < 4.78 is 1.84. The normalized spacial score (nSPS) is 17.6. The molecule has 5 rings (SSSR count). The van der Waals surface area contributed by atoms with E-state index in [-0.39, 0.29) is 1.43 Å². The first-order chi connectivity index (χ1) is 12.8. The molecule has 9 heteroatoms. The van der Waals surface area contributed by atoms with Crippen molar-refractivity contribution in [2.75, 3.05) is 23.7 Å². The van der Waals surface area contributed by atoms with Gasteiger partial charge in [-0.1, -0.05) is 6.07 Å². The molecule has 0 spiro atoms. The largest absolute Gasteiger partial charge is 0.366 e. The Labute approximate surface area is 150 Å². The Kier molecular flexibility index (Phi) is 3.64. The SMILES string of the molecule is [HH].c1cc(N[C@H]2CCCNC2)n2nc(Nc3ccc4n[nH]nc4c3)nc2c1. The fourth-order valence-electron chi connectivity index (χ4n) is 3.30. The Morgan fingerprint density at radius 3 is 3.04 bits per heavy atom. The second-order valence-corrected chi connectivity index (χ2v) is 6.46. The lowest BCUT2D eigenvalue weighted by Crippen LogP contribution is -2.38. The topological polar surface area (TPSA) is 108 Å². The highest BCUT2D eigenvalue weighted by Gasteiger charge is 2.15. The molecule has 0 bridgehead atoms. The van der Waals surface area contributed by atoms with Crippen molar-refractivity contribution >= 4 is 34.1 Å². The van der Waals surface area contributed by atoms with E-state index < -0.39 is 0 Å². The zero-order valence-electron chi connectivity index (χ0n) is 14.1. The summed E-state index contributed by atoms with van der Waals surface area (Å²) in [6, 6.07) is 12.1. The van der Waals surface area contributed by atoms with Gasteiger partial charge in [0.2, 0.25) is 5.95 Å². The predicted molar refractivity (Wildman–Crippen MR) is 102 cm³/mol. The first-order valence-electron chi connectivity index (χ1n) is 8.76. The van der Waals surface area contributed by atoms with Gasteiger partial charge in [0, 0.05) is 19.7 Å². The average molecular weight is 351 g/mol. The monoisotopic (exact) mass is 351 g/mol. The molecule has 1 atom stereocenters. The summed E-state index contributed by atoms with van der Waals surface area (Å²) in [5.41, 5.74) is 3.29. The van der Waals surface area contributed by atoms with Crippen molar-refractivity contribution in [1.29, 1.82) is 0 Å². The van der Waals surface area contributed by atoms with Crippen molar-refractivity contribution < 1.29 is 1.43 Å². The van der Waals surface area contributed by atoms with Crippen molar-refractivity contribution in [3.05, 3.63) is 36.4 Å². The average Bonchev–Trinajstić information content (AvgIpc) is 3.29. The third-order valence-electron chi connectivity index (χ3n) is 4.58. The van der Waals surface area contributed by atoms with Gasteiger partial charge >= 0.3 is 0 Å². The number of anilines is 3. The minimum absolute atomic E-state index is 0. The van der Waals surface area contributed by atoms with Crippen LogP contribution < -0.4 is 16.0 Å². The minimum atomic E-state index is 0. The number of nitrogens with zero attached hydrogens (tertiary/aromatic N) is 5. The summed E-state index contributed by atoms with van der Waals surface area (Å²) >= 11 is 0. The number of rotatable bonds is 4. The highest BCUT2D eigenvalue weighted by molar-refractivity contribution is 5.79. The first kappa shape index (κ1) is 15.1. The molecule has 3 aromatic heterocycles. The maximum Gasteiger partial charge on any atom is 0.247 e. The van der Waals surface area contributed by atoms with E-state index in [2.05, 4.69) is 41.4 Å². The number of hydrogen-bond acceptors (Lipinski definition) is 7. The van der Waals surface area contributed by atoms with Gasteiger partial charge in [-0.25, -0.2) is 0 Å². The lowest BCUT2D eigenvalue weighted by atomic mass is 10.1. The minimum Gasteiger partial charge on any atom is -0.366 e. The van der Waals surface area contributed by atoms with Gasteiger partial charge in [0.1, 0.15) is 16.9 Å². The molecule has 0 amide bonds. The summed E-state index contributed by atoms with van der Waals surface area (Å²) in [4.78, 5) is 4.57. The number of aromatic nitrogens is 6. The molecule has 0 radical (unpaired) electrons. The van der Waals surface area contributed by atoms with Gasteiger partial charge in [-0.2, -0.15) is 24.9 Å². The maximum atomic E-state index is 4.61. The number of hydrogen-bond donors (Lipinski definition) is 4. The van der Waals surface area contributed by atoms with E-state index in [4.69, 9.17) is 0 Å². The van der Waals surface area contributed by atoms with Crippen molar-refractivity contribution in [2.24, 2.45) is 0 Å². The van der Waals surface area contributed by atoms with Crippen LogP contribution in [-0.4, -0.2) is 49.1 Å². The second-order valence-electron chi connectivity index (χ2n) is 6.46. The molecule has 1 saturated heterocycles. The Bertz CT molecular complexity index is 1050. The molecule has 4 heterocycles. The van der Waals surface area contributed by atoms with E-state index in [0.29, 0.717) is 12.0 Å². The quantitative estimate of drug-likeness (QED) is 0.446. The summed E-state index contributed by atoms with van der Waals surface area (Å²) in [6.45, 7) is 2.06. The molecule has 26 heavy (non-hydrogen) atoms. The Hall–Kier alpha value is -3.20. The molecule has 1 aliphatic rings. The smallest absolute Gasteiger partial charge is 0.247 e. The predicted octanol–water partition coefficient (Wildman–Crippen LogP) is 2.15. The molecule has 9 nitrogen and oxygen atoms in total. The molecule has 1 fully saturated rings. The van der Waals surface area contributed by atoms with Crippen LogP contribution in [0, 0.1) is 0 Å². The molecular formula is C17H21N9. The van der Waals surface area contributed by atoms with Crippen molar-refractivity contribution in [3.8, 4) is 0 Å². The zero-order valence-corrected chi connectivity index (χ0v) is 14.1. The van der Waals surface area contributed by atoms with Gasteiger partial charge in [0.25, 0.3) is 0 Å². The van der Waals surface area contributed by atoms with E-state index >= 15 is 0 Å².